The van der Waals surface area contributed by atoms with Gasteiger partial charge >= 0.3 is 0 Å². The van der Waals surface area contributed by atoms with Gasteiger partial charge in [0, 0.05) is 11.1 Å². The first-order chi connectivity index (χ1) is 12.6. The number of carbonyl (C=O) groups excluding carboxylic acids is 1. The second-order valence-electron chi connectivity index (χ2n) is 5.83. The van der Waals surface area contributed by atoms with Crippen LogP contribution in [0.3, 0.4) is 0 Å². The van der Waals surface area contributed by atoms with Crippen molar-refractivity contribution < 1.29 is 14.3 Å². The quantitative estimate of drug-likeness (QED) is 0.561. The van der Waals surface area contributed by atoms with Crippen molar-refractivity contribution in [3.8, 4) is 11.5 Å². The minimum absolute atomic E-state index is 0.266. The number of hydrogen-bond donors (Lipinski definition) is 1. The number of nitrogens with zero attached hydrogens (tertiary/aromatic N) is 1. The zero-order valence-corrected chi connectivity index (χ0v) is 14.9. The fraction of sp³-hybridized carbons (Fsp3) is 0.143. The number of amides is 1. The summed E-state index contributed by atoms with van der Waals surface area (Å²) >= 11 is 0. The standard InChI is InChI=1S/C21H20N2O3/c1-14-4-6-16(7-5-14)21(24)23-22-13-19-18-12-17(25-2)10-8-15(18)9-11-20(19)26-3/h4-13H,1-3H3,(H,23,24)/b22-13+. The smallest absolute Gasteiger partial charge is 0.271 e. The molecule has 0 bridgehead atoms. The minimum atomic E-state index is -0.266. The summed E-state index contributed by atoms with van der Waals surface area (Å²) < 4.78 is 10.7. The first kappa shape index (κ1) is 17.5. The Hall–Kier alpha value is -3.34. The minimum Gasteiger partial charge on any atom is -0.497 e. The second kappa shape index (κ2) is 7.70. The highest BCUT2D eigenvalue weighted by atomic mass is 16.5. The van der Waals surface area contributed by atoms with E-state index >= 15 is 0 Å². The van der Waals surface area contributed by atoms with Crippen molar-refractivity contribution in [3.63, 3.8) is 0 Å². The Kier molecular flexibility index (Phi) is 5.17. The van der Waals surface area contributed by atoms with Crippen LogP contribution in [-0.4, -0.2) is 26.3 Å². The molecule has 5 heteroatoms. The van der Waals surface area contributed by atoms with E-state index in [1.165, 1.54) is 0 Å². The average Bonchev–Trinajstić information content (AvgIpc) is 2.68. The fourth-order valence-electron chi connectivity index (χ4n) is 2.67. The molecule has 0 saturated heterocycles. The molecule has 3 aromatic carbocycles. The molecule has 1 N–H and O–H groups in total. The molecule has 132 valence electrons. The summed E-state index contributed by atoms with van der Waals surface area (Å²) in [7, 11) is 3.22. The first-order valence-electron chi connectivity index (χ1n) is 8.17. The molecule has 0 saturated carbocycles. The molecule has 3 aromatic rings. The highest BCUT2D eigenvalue weighted by molar-refractivity contribution is 6.03. The van der Waals surface area contributed by atoms with Gasteiger partial charge in [-0.15, -0.1) is 0 Å². The Balaban J connectivity index is 1.90. The Morgan fingerprint density at radius 2 is 1.73 bits per heavy atom. The third kappa shape index (κ3) is 3.67. The SMILES string of the molecule is COc1ccc2ccc(OC)c(/C=N/NC(=O)c3ccc(C)cc3)c2c1. The Labute approximate surface area is 152 Å². The number of fused-ring (bicyclic) bond motifs is 1. The number of rotatable bonds is 5. The van der Waals surface area contributed by atoms with Gasteiger partial charge in [0.2, 0.25) is 0 Å². The molecule has 0 aliphatic rings. The molecular formula is C21H20N2O3. The molecule has 0 heterocycles. The normalized spacial score (nSPS) is 10.9. The molecule has 0 atom stereocenters. The van der Waals surface area contributed by atoms with Crippen LogP contribution in [0, 0.1) is 6.92 Å². The van der Waals surface area contributed by atoms with Crippen molar-refractivity contribution in [3.05, 3.63) is 71.3 Å². The molecule has 0 aliphatic carbocycles. The number of ether oxygens (including phenoxy) is 2. The molecule has 26 heavy (non-hydrogen) atoms. The van der Waals surface area contributed by atoms with Gasteiger partial charge in [0.15, 0.2) is 0 Å². The predicted octanol–water partition coefficient (Wildman–Crippen LogP) is 3.93. The molecule has 0 radical (unpaired) electrons. The number of aryl methyl sites for hydroxylation is 1. The number of nitrogens with one attached hydrogen (secondary N) is 1. The van der Waals surface area contributed by atoms with Crippen molar-refractivity contribution in [1.82, 2.24) is 5.43 Å². The molecule has 0 aliphatic heterocycles. The van der Waals surface area contributed by atoms with Gasteiger partial charge < -0.3 is 9.47 Å². The van der Waals surface area contributed by atoms with Crippen molar-refractivity contribution >= 4 is 22.9 Å². The van der Waals surface area contributed by atoms with Gasteiger partial charge in [0.1, 0.15) is 11.5 Å². The van der Waals surface area contributed by atoms with Gasteiger partial charge in [-0.1, -0.05) is 29.8 Å². The molecule has 0 spiro atoms. The van der Waals surface area contributed by atoms with E-state index in [0.717, 1.165) is 27.6 Å². The number of carbonyl (C=O) groups is 1. The number of methoxy groups -OCH3 is 2. The van der Waals surface area contributed by atoms with Crippen LogP contribution in [0.1, 0.15) is 21.5 Å². The Morgan fingerprint density at radius 3 is 2.42 bits per heavy atom. The van der Waals surface area contributed by atoms with E-state index < -0.39 is 0 Å². The van der Waals surface area contributed by atoms with Crippen molar-refractivity contribution in [1.29, 1.82) is 0 Å². The largest absolute Gasteiger partial charge is 0.497 e. The lowest BCUT2D eigenvalue weighted by Gasteiger charge is -2.10. The molecule has 0 aromatic heterocycles. The van der Waals surface area contributed by atoms with Crippen LogP contribution < -0.4 is 14.9 Å². The average molecular weight is 348 g/mol. The lowest BCUT2D eigenvalue weighted by molar-refractivity contribution is 0.0955. The monoisotopic (exact) mass is 348 g/mol. The fourth-order valence-corrected chi connectivity index (χ4v) is 2.67. The summed E-state index contributed by atoms with van der Waals surface area (Å²) in [5.74, 6) is 1.14. The maximum Gasteiger partial charge on any atom is 0.271 e. The first-order valence-corrected chi connectivity index (χ1v) is 8.17. The van der Waals surface area contributed by atoms with Crippen LogP contribution in [-0.2, 0) is 0 Å². The van der Waals surface area contributed by atoms with E-state index in [1.807, 2.05) is 49.4 Å². The lowest BCUT2D eigenvalue weighted by Crippen LogP contribution is -2.17. The highest BCUT2D eigenvalue weighted by Crippen LogP contribution is 2.29. The van der Waals surface area contributed by atoms with E-state index in [0.29, 0.717) is 11.3 Å². The molecule has 3 rings (SSSR count). The van der Waals surface area contributed by atoms with E-state index in [2.05, 4.69) is 10.5 Å². The van der Waals surface area contributed by atoms with E-state index in [1.54, 1.807) is 32.6 Å². The van der Waals surface area contributed by atoms with E-state index in [9.17, 15) is 4.79 Å². The summed E-state index contributed by atoms with van der Waals surface area (Å²) in [4.78, 5) is 12.2. The number of hydrazone groups is 1. The summed E-state index contributed by atoms with van der Waals surface area (Å²) in [5, 5.41) is 6.06. The van der Waals surface area contributed by atoms with E-state index in [-0.39, 0.29) is 5.91 Å². The molecule has 0 fully saturated rings. The van der Waals surface area contributed by atoms with Crippen molar-refractivity contribution in [2.24, 2.45) is 5.10 Å². The summed E-state index contributed by atoms with van der Waals surface area (Å²) in [6.07, 6.45) is 1.59. The van der Waals surface area contributed by atoms with Crippen molar-refractivity contribution in [2.45, 2.75) is 6.92 Å². The lowest BCUT2D eigenvalue weighted by atomic mass is 10.0. The Bertz CT molecular complexity index is 958. The van der Waals surface area contributed by atoms with Crippen LogP contribution in [0.5, 0.6) is 11.5 Å². The number of hydrogen-bond acceptors (Lipinski definition) is 4. The third-order valence-electron chi connectivity index (χ3n) is 4.12. The predicted molar refractivity (Wildman–Crippen MR) is 103 cm³/mol. The van der Waals surface area contributed by atoms with Gasteiger partial charge in [-0.3, -0.25) is 4.79 Å². The van der Waals surface area contributed by atoms with Crippen LogP contribution in [0.15, 0.2) is 59.7 Å². The zero-order chi connectivity index (χ0) is 18.5. The molecule has 5 nitrogen and oxygen atoms in total. The summed E-state index contributed by atoms with van der Waals surface area (Å²) in [6, 6.07) is 16.9. The Morgan fingerprint density at radius 1 is 1.00 bits per heavy atom. The van der Waals surface area contributed by atoms with Crippen LogP contribution >= 0.6 is 0 Å². The molecule has 1 amide bonds. The van der Waals surface area contributed by atoms with Gasteiger partial charge in [0.25, 0.3) is 5.91 Å². The van der Waals surface area contributed by atoms with Gasteiger partial charge in [-0.2, -0.15) is 5.10 Å². The number of benzene rings is 3. The topological polar surface area (TPSA) is 59.9 Å². The second-order valence-corrected chi connectivity index (χ2v) is 5.83. The summed E-state index contributed by atoms with van der Waals surface area (Å²) in [6.45, 7) is 1.97. The van der Waals surface area contributed by atoms with Crippen LogP contribution in [0.25, 0.3) is 10.8 Å². The zero-order valence-electron chi connectivity index (χ0n) is 14.9. The van der Waals surface area contributed by atoms with Gasteiger partial charge in [-0.25, -0.2) is 5.43 Å². The summed E-state index contributed by atoms with van der Waals surface area (Å²) in [5.41, 5.74) is 4.98. The maximum atomic E-state index is 12.2. The highest BCUT2D eigenvalue weighted by Gasteiger charge is 2.08. The van der Waals surface area contributed by atoms with Crippen LogP contribution in [0.4, 0.5) is 0 Å². The maximum absolute atomic E-state index is 12.2. The van der Waals surface area contributed by atoms with E-state index in [4.69, 9.17) is 9.47 Å². The van der Waals surface area contributed by atoms with Gasteiger partial charge in [0.05, 0.1) is 20.4 Å². The van der Waals surface area contributed by atoms with Crippen molar-refractivity contribution in [2.75, 3.05) is 14.2 Å². The third-order valence-corrected chi connectivity index (χ3v) is 4.12. The molecular weight excluding hydrogens is 328 g/mol. The van der Waals surface area contributed by atoms with Crippen LogP contribution in [0.2, 0.25) is 0 Å². The van der Waals surface area contributed by atoms with Gasteiger partial charge in [-0.05, 0) is 48.0 Å². The molecule has 0 unspecified atom stereocenters.